The monoisotopic (exact) mass is 355 g/mol. The van der Waals surface area contributed by atoms with Gasteiger partial charge >= 0.3 is 0 Å². The van der Waals surface area contributed by atoms with Crippen molar-refractivity contribution in [3.05, 3.63) is 59.2 Å². The first-order chi connectivity index (χ1) is 12.1. The Hall–Kier alpha value is -2.82. The maximum atomic E-state index is 12.5. The largest absolute Gasteiger partial charge is 0.508 e. The van der Waals surface area contributed by atoms with Crippen molar-refractivity contribution in [3.8, 4) is 11.5 Å². The Morgan fingerprint density at radius 1 is 1.12 bits per heavy atom. The van der Waals surface area contributed by atoms with Gasteiger partial charge < -0.3 is 15.6 Å². The van der Waals surface area contributed by atoms with Crippen molar-refractivity contribution in [2.45, 2.75) is 45.6 Å². The van der Waals surface area contributed by atoms with E-state index in [9.17, 15) is 14.7 Å². The summed E-state index contributed by atoms with van der Waals surface area (Å²) in [5.41, 5.74) is 7.95. The molecule has 26 heavy (non-hydrogen) atoms. The van der Waals surface area contributed by atoms with Crippen LogP contribution in [0.5, 0.6) is 11.5 Å². The molecule has 1 atom stereocenters. The van der Waals surface area contributed by atoms with Gasteiger partial charge in [0.1, 0.15) is 11.5 Å². The van der Waals surface area contributed by atoms with Gasteiger partial charge in [0.05, 0.1) is 0 Å². The Bertz CT molecular complexity index is 804. The number of benzene rings is 2. The van der Waals surface area contributed by atoms with Crippen molar-refractivity contribution >= 4 is 11.7 Å². The lowest BCUT2D eigenvalue weighted by molar-refractivity contribution is -0.135. The molecule has 0 aliphatic heterocycles. The number of primary amides is 1. The second kappa shape index (κ2) is 7.60. The predicted molar refractivity (Wildman–Crippen MR) is 100 cm³/mol. The highest BCUT2D eigenvalue weighted by molar-refractivity contribution is 6.04. The van der Waals surface area contributed by atoms with Crippen molar-refractivity contribution in [3.63, 3.8) is 0 Å². The highest BCUT2D eigenvalue weighted by atomic mass is 16.5. The van der Waals surface area contributed by atoms with E-state index in [-0.39, 0.29) is 17.6 Å². The van der Waals surface area contributed by atoms with Crippen LogP contribution in [0.25, 0.3) is 0 Å². The summed E-state index contributed by atoms with van der Waals surface area (Å²) in [6.07, 6.45) is -1.43. The molecule has 0 fully saturated rings. The van der Waals surface area contributed by atoms with Gasteiger partial charge in [0.25, 0.3) is 5.91 Å². The van der Waals surface area contributed by atoms with Crippen LogP contribution in [0.4, 0.5) is 0 Å². The number of carbonyl (C=O) groups is 2. The number of hydrogen-bond acceptors (Lipinski definition) is 4. The van der Waals surface area contributed by atoms with Gasteiger partial charge in [-0.2, -0.15) is 0 Å². The number of carbonyl (C=O) groups excluding carboxylic acids is 2. The average molecular weight is 355 g/mol. The number of ketones is 1. The van der Waals surface area contributed by atoms with E-state index < -0.39 is 17.8 Å². The van der Waals surface area contributed by atoms with Crippen LogP contribution >= 0.6 is 0 Å². The number of aryl methyl sites for hydroxylation is 1. The van der Waals surface area contributed by atoms with E-state index in [0.29, 0.717) is 11.3 Å². The van der Waals surface area contributed by atoms with E-state index in [2.05, 4.69) is 20.8 Å². The van der Waals surface area contributed by atoms with Crippen molar-refractivity contribution in [1.29, 1.82) is 0 Å². The molecule has 1 unspecified atom stereocenters. The van der Waals surface area contributed by atoms with E-state index in [1.165, 1.54) is 6.07 Å². The van der Waals surface area contributed by atoms with Crippen LogP contribution in [0.1, 0.15) is 37.5 Å². The van der Waals surface area contributed by atoms with Crippen molar-refractivity contribution in [2.24, 2.45) is 5.73 Å². The molecule has 0 aromatic heterocycles. The van der Waals surface area contributed by atoms with E-state index in [0.717, 1.165) is 11.1 Å². The van der Waals surface area contributed by atoms with Crippen LogP contribution in [0.15, 0.2) is 42.5 Å². The number of nitrogens with two attached hydrogens (primary N) is 1. The molecule has 2 rings (SSSR count). The molecule has 0 radical (unpaired) electrons. The Morgan fingerprint density at radius 3 is 2.27 bits per heavy atom. The Kier molecular flexibility index (Phi) is 5.70. The summed E-state index contributed by atoms with van der Waals surface area (Å²) in [6, 6.07) is 12.0. The molecule has 0 aliphatic rings. The lowest BCUT2D eigenvalue weighted by Crippen LogP contribution is -2.41. The third-order valence-corrected chi connectivity index (χ3v) is 4.22. The first kappa shape index (κ1) is 19.5. The topological polar surface area (TPSA) is 89.6 Å². The van der Waals surface area contributed by atoms with Gasteiger partial charge in [-0.3, -0.25) is 9.59 Å². The lowest BCUT2D eigenvalue weighted by atomic mass is 9.87. The standard InChI is InChI=1S/C21H25NO4/c1-13-5-8-16(23)11-14(13)12-18(24)19(20(22)25)26-17-9-6-15(7-10-17)21(2,3)4/h5-11,19,23H,12H2,1-4H3,(H2,22,25). The average Bonchev–Trinajstić information content (AvgIpc) is 2.55. The van der Waals surface area contributed by atoms with Gasteiger partial charge in [0, 0.05) is 6.42 Å². The molecular formula is C21H25NO4. The molecule has 2 aromatic rings. The Morgan fingerprint density at radius 2 is 1.73 bits per heavy atom. The second-order valence-electron chi connectivity index (χ2n) is 7.43. The fourth-order valence-corrected chi connectivity index (χ4v) is 2.58. The molecule has 0 saturated carbocycles. The number of ether oxygens (including phenoxy) is 1. The second-order valence-corrected chi connectivity index (χ2v) is 7.43. The van der Waals surface area contributed by atoms with Crippen LogP contribution < -0.4 is 10.5 Å². The number of hydrogen-bond donors (Lipinski definition) is 2. The zero-order chi connectivity index (χ0) is 19.5. The van der Waals surface area contributed by atoms with Crippen LogP contribution in [0.2, 0.25) is 0 Å². The van der Waals surface area contributed by atoms with E-state index in [4.69, 9.17) is 10.5 Å². The number of amides is 1. The summed E-state index contributed by atoms with van der Waals surface area (Å²) in [4.78, 5) is 24.3. The van der Waals surface area contributed by atoms with Crippen LogP contribution in [0.3, 0.4) is 0 Å². The molecule has 1 amide bonds. The molecule has 138 valence electrons. The Labute approximate surface area is 153 Å². The third-order valence-electron chi connectivity index (χ3n) is 4.22. The van der Waals surface area contributed by atoms with Crippen molar-refractivity contribution in [2.75, 3.05) is 0 Å². The summed E-state index contributed by atoms with van der Waals surface area (Å²) in [7, 11) is 0. The van der Waals surface area contributed by atoms with Crippen LogP contribution in [0, 0.1) is 6.92 Å². The highest BCUT2D eigenvalue weighted by Gasteiger charge is 2.27. The number of rotatable bonds is 6. The number of phenolic OH excluding ortho intramolecular Hbond substituents is 1. The Balaban J connectivity index is 2.17. The zero-order valence-corrected chi connectivity index (χ0v) is 15.6. The summed E-state index contributed by atoms with van der Waals surface area (Å²) in [6.45, 7) is 8.11. The molecule has 5 nitrogen and oxygen atoms in total. The maximum absolute atomic E-state index is 12.5. The minimum Gasteiger partial charge on any atom is -0.508 e. The fraction of sp³-hybridized carbons (Fsp3) is 0.333. The van der Waals surface area contributed by atoms with E-state index in [1.54, 1.807) is 24.3 Å². The minimum atomic E-state index is -1.38. The molecule has 0 aliphatic carbocycles. The number of Topliss-reactive ketones (excluding diaryl/α,β-unsaturated/α-hetero) is 1. The van der Waals surface area contributed by atoms with E-state index >= 15 is 0 Å². The molecule has 0 saturated heterocycles. The molecule has 0 bridgehead atoms. The zero-order valence-electron chi connectivity index (χ0n) is 15.6. The number of phenols is 1. The van der Waals surface area contributed by atoms with Gasteiger partial charge in [-0.15, -0.1) is 0 Å². The first-order valence-corrected chi connectivity index (χ1v) is 8.45. The highest BCUT2D eigenvalue weighted by Crippen LogP contribution is 2.25. The molecule has 3 N–H and O–H groups in total. The molecule has 0 spiro atoms. The summed E-state index contributed by atoms with van der Waals surface area (Å²) in [5, 5.41) is 9.59. The maximum Gasteiger partial charge on any atom is 0.266 e. The lowest BCUT2D eigenvalue weighted by Gasteiger charge is -2.20. The van der Waals surface area contributed by atoms with Gasteiger partial charge in [0.2, 0.25) is 6.10 Å². The van der Waals surface area contributed by atoms with Gasteiger partial charge in [0.15, 0.2) is 5.78 Å². The van der Waals surface area contributed by atoms with Crippen LogP contribution in [-0.2, 0) is 21.4 Å². The predicted octanol–water partition coefficient (Wildman–Crippen LogP) is 3.04. The third kappa shape index (κ3) is 4.85. The summed E-state index contributed by atoms with van der Waals surface area (Å²) < 4.78 is 5.56. The smallest absolute Gasteiger partial charge is 0.266 e. The van der Waals surface area contributed by atoms with E-state index in [1.807, 2.05) is 19.1 Å². The quantitative estimate of drug-likeness (QED) is 0.780. The molecule has 0 heterocycles. The normalized spacial score (nSPS) is 12.5. The van der Waals surface area contributed by atoms with Gasteiger partial charge in [-0.05, 0) is 53.3 Å². The van der Waals surface area contributed by atoms with Crippen molar-refractivity contribution < 1.29 is 19.4 Å². The molecule has 5 heteroatoms. The van der Waals surface area contributed by atoms with Gasteiger partial charge in [-0.25, -0.2) is 0 Å². The van der Waals surface area contributed by atoms with Gasteiger partial charge in [-0.1, -0.05) is 39.0 Å². The summed E-state index contributed by atoms with van der Waals surface area (Å²) >= 11 is 0. The summed E-state index contributed by atoms with van der Waals surface area (Å²) in [5.74, 6) is -0.825. The SMILES string of the molecule is Cc1ccc(O)cc1CC(=O)C(Oc1ccc(C(C)(C)C)cc1)C(N)=O. The van der Waals surface area contributed by atoms with Crippen LogP contribution in [-0.4, -0.2) is 22.9 Å². The first-order valence-electron chi connectivity index (χ1n) is 8.45. The van der Waals surface area contributed by atoms with Crippen molar-refractivity contribution in [1.82, 2.24) is 0 Å². The molecular weight excluding hydrogens is 330 g/mol. The number of aromatic hydroxyl groups is 1. The fourth-order valence-electron chi connectivity index (χ4n) is 2.58. The minimum absolute atomic E-state index is 0.00965. The molecule has 2 aromatic carbocycles.